The van der Waals surface area contributed by atoms with Gasteiger partial charge in [0.2, 0.25) is 0 Å². The van der Waals surface area contributed by atoms with Crippen LogP contribution in [0.15, 0.2) is 54.9 Å². The molecular formula is C20H20N4O2. The molecule has 0 aliphatic carbocycles. The Hall–Kier alpha value is -3.15. The molecular weight excluding hydrogens is 328 g/mol. The molecule has 0 unspecified atom stereocenters. The molecule has 0 N–H and O–H groups in total. The van der Waals surface area contributed by atoms with E-state index in [1.807, 2.05) is 46.8 Å². The maximum Gasteiger partial charge on any atom is 0.270 e. The molecule has 0 radical (unpaired) electrons. The lowest BCUT2D eigenvalue weighted by Crippen LogP contribution is -2.50. The Kier molecular flexibility index (Phi) is 4.16. The first-order valence-electron chi connectivity index (χ1n) is 8.68. The van der Waals surface area contributed by atoms with E-state index in [0.717, 1.165) is 10.9 Å². The van der Waals surface area contributed by atoms with Crippen LogP contribution in [0.5, 0.6) is 0 Å². The van der Waals surface area contributed by atoms with Crippen LogP contribution in [-0.2, 0) is 7.05 Å². The summed E-state index contributed by atoms with van der Waals surface area (Å²) in [5.74, 6) is -0.0213. The van der Waals surface area contributed by atoms with Gasteiger partial charge in [-0.05, 0) is 24.3 Å². The van der Waals surface area contributed by atoms with Crippen molar-refractivity contribution in [2.24, 2.45) is 7.05 Å². The topological polar surface area (TPSA) is 58.4 Å². The highest BCUT2D eigenvalue weighted by Gasteiger charge is 2.27. The van der Waals surface area contributed by atoms with Crippen molar-refractivity contribution >= 4 is 22.7 Å². The summed E-state index contributed by atoms with van der Waals surface area (Å²) in [6.45, 7) is 2.13. The van der Waals surface area contributed by atoms with Crippen LogP contribution in [0.25, 0.3) is 10.9 Å². The van der Waals surface area contributed by atoms with Crippen LogP contribution in [0.2, 0.25) is 0 Å². The zero-order valence-electron chi connectivity index (χ0n) is 14.6. The number of hydrogen-bond acceptors (Lipinski definition) is 3. The fraction of sp³-hybridized carbons (Fsp3) is 0.250. The third kappa shape index (κ3) is 2.83. The lowest BCUT2D eigenvalue weighted by Gasteiger charge is -2.34. The highest BCUT2D eigenvalue weighted by Crippen LogP contribution is 2.20. The van der Waals surface area contributed by atoms with Gasteiger partial charge in [0, 0.05) is 56.5 Å². The Balaban J connectivity index is 1.46. The molecule has 0 bridgehead atoms. The average molecular weight is 348 g/mol. The second-order valence-corrected chi connectivity index (χ2v) is 6.47. The predicted molar refractivity (Wildman–Crippen MR) is 99.0 cm³/mol. The number of benzene rings is 1. The normalized spacial score (nSPS) is 14.7. The van der Waals surface area contributed by atoms with Crippen LogP contribution in [0.4, 0.5) is 0 Å². The predicted octanol–water partition coefficient (Wildman–Crippen LogP) is 2.17. The van der Waals surface area contributed by atoms with Crippen molar-refractivity contribution in [1.29, 1.82) is 0 Å². The number of aryl methyl sites for hydroxylation is 1. The maximum atomic E-state index is 12.9. The molecule has 1 aliphatic heterocycles. The van der Waals surface area contributed by atoms with Crippen LogP contribution in [0.3, 0.4) is 0 Å². The Morgan fingerprint density at radius 2 is 1.62 bits per heavy atom. The van der Waals surface area contributed by atoms with E-state index in [0.29, 0.717) is 37.4 Å². The summed E-state index contributed by atoms with van der Waals surface area (Å²) in [6.07, 6.45) is 3.23. The zero-order chi connectivity index (χ0) is 18.1. The first-order chi connectivity index (χ1) is 12.6. The molecule has 1 fully saturated rings. The summed E-state index contributed by atoms with van der Waals surface area (Å²) < 4.78 is 1.94. The molecule has 3 aromatic rings. The molecule has 0 atom stereocenters. The van der Waals surface area contributed by atoms with E-state index in [4.69, 9.17) is 0 Å². The van der Waals surface area contributed by atoms with Crippen molar-refractivity contribution in [3.05, 3.63) is 66.1 Å². The Morgan fingerprint density at radius 1 is 0.923 bits per heavy atom. The molecule has 1 aliphatic rings. The van der Waals surface area contributed by atoms with Crippen molar-refractivity contribution in [1.82, 2.24) is 19.4 Å². The molecule has 6 nitrogen and oxygen atoms in total. The van der Waals surface area contributed by atoms with Gasteiger partial charge in [-0.15, -0.1) is 0 Å². The van der Waals surface area contributed by atoms with E-state index < -0.39 is 0 Å². The molecule has 2 amide bonds. The minimum absolute atomic E-state index is 0.0113. The summed E-state index contributed by atoms with van der Waals surface area (Å²) in [5.41, 5.74) is 2.31. The van der Waals surface area contributed by atoms with Gasteiger partial charge in [0.25, 0.3) is 11.8 Å². The van der Waals surface area contributed by atoms with Crippen LogP contribution in [-0.4, -0.2) is 57.3 Å². The van der Waals surface area contributed by atoms with Gasteiger partial charge in [0.1, 0.15) is 5.69 Å². The molecule has 26 heavy (non-hydrogen) atoms. The minimum Gasteiger partial charge on any atom is -0.340 e. The number of piperazine rings is 1. The highest BCUT2D eigenvalue weighted by molar-refractivity contribution is 5.99. The first kappa shape index (κ1) is 16.3. The number of para-hydroxylation sites is 1. The van der Waals surface area contributed by atoms with E-state index >= 15 is 0 Å². The smallest absolute Gasteiger partial charge is 0.270 e. The van der Waals surface area contributed by atoms with Crippen molar-refractivity contribution in [3.8, 4) is 0 Å². The molecule has 3 heterocycles. The fourth-order valence-corrected chi connectivity index (χ4v) is 3.44. The zero-order valence-corrected chi connectivity index (χ0v) is 14.6. The van der Waals surface area contributed by atoms with Crippen molar-refractivity contribution < 1.29 is 9.59 Å². The van der Waals surface area contributed by atoms with Crippen molar-refractivity contribution in [3.63, 3.8) is 0 Å². The number of hydrogen-bond donors (Lipinski definition) is 0. The monoisotopic (exact) mass is 348 g/mol. The number of pyridine rings is 1. The standard InChI is InChI=1S/C20H20N4O2/c1-22-17-7-3-2-5-15(17)13-18(22)20(26)24-11-9-23(10-12-24)19(25)16-6-4-8-21-14-16/h2-8,13-14H,9-12H2,1H3. The lowest BCUT2D eigenvalue weighted by molar-refractivity contribution is 0.0530. The average Bonchev–Trinajstić information content (AvgIpc) is 3.04. The lowest BCUT2D eigenvalue weighted by atomic mass is 10.2. The van der Waals surface area contributed by atoms with E-state index in [-0.39, 0.29) is 11.8 Å². The Bertz CT molecular complexity index is 956. The highest BCUT2D eigenvalue weighted by atomic mass is 16.2. The van der Waals surface area contributed by atoms with Gasteiger partial charge in [-0.3, -0.25) is 14.6 Å². The fourth-order valence-electron chi connectivity index (χ4n) is 3.44. The van der Waals surface area contributed by atoms with Gasteiger partial charge in [-0.1, -0.05) is 18.2 Å². The summed E-state index contributed by atoms with van der Waals surface area (Å²) in [6, 6.07) is 13.4. The summed E-state index contributed by atoms with van der Waals surface area (Å²) in [5, 5.41) is 1.06. The van der Waals surface area contributed by atoms with Gasteiger partial charge in [-0.25, -0.2) is 0 Å². The van der Waals surface area contributed by atoms with E-state index in [9.17, 15) is 9.59 Å². The summed E-state index contributed by atoms with van der Waals surface area (Å²) in [4.78, 5) is 33.0. The molecule has 0 spiro atoms. The van der Waals surface area contributed by atoms with Crippen LogP contribution >= 0.6 is 0 Å². The Morgan fingerprint density at radius 3 is 2.27 bits per heavy atom. The SMILES string of the molecule is Cn1c(C(=O)N2CCN(C(=O)c3cccnc3)CC2)cc2ccccc21. The van der Waals surface area contributed by atoms with Gasteiger partial charge in [0.05, 0.1) is 5.56 Å². The molecule has 4 rings (SSSR count). The van der Waals surface area contributed by atoms with E-state index in [1.54, 1.807) is 29.4 Å². The second-order valence-electron chi connectivity index (χ2n) is 6.47. The van der Waals surface area contributed by atoms with Crippen molar-refractivity contribution in [2.45, 2.75) is 0 Å². The molecule has 2 aromatic heterocycles. The number of aromatic nitrogens is 2. The minimum atomic E-state index is -0.0326. The molecule has 132 valence electrons. The third-order valence-corrected chi connectivity index (χ3v) is 4.93. The van der Waals surface area contributed by atoms with Crippen molar-refractivity contribution in [2.75, 3.05) is 26.2 Å². The third-order valence-electron chi connectivity index (χ3n) is 4.93. The number of rotatable bonds is 2. The molecule has 0 saturated carbocycles. The van der Waals surface area contributed by atoms with Gasteiger partial charge < -0.3 is 14.4 Å². The van der Waals surface area contributed by atoms with Gasteiger partial charge in [0.15, 0.2) is 0 Å². The summed E-state index contributed by atoms with van der Waals surface area (Å²) >= 11 is 0. The number of nitrogens with zero attached hydrogens (tertiary/aromatic N) is 4. The second kappa shape index (κ2) is 6.63. The number of amides is 2. The number of carbonyl (C=O) groups excluding carboxylic acids is 2. The van der Waals surface area contributed by atoms with Crippen LogP contribution in [0.1, 0.15) is 20.8 Å². The molecule has 1 aromatic carbocycles. The van der Waals surface area contributed by atoms with E-state index in [2.05, 4.69) is 4.98 Å². The largest absolute Gasteiger partial charge is 0.340 e. The molecule has 6 heteroatoms. The molecule has 1 saturated heterocycles. The quantitative estimate of drug-likeness (QED) is 0.713. The Labute approximate surface area is 151 Å². The number of fused-ring (bicyclic) bond motifs is 1. The van der Waals surface area contributed by atoms with E-state index in [1.165, 1.54) is 0 Å². The van der Waals surface area contributed by atoms with Crippen LogP contribution in [0, 0.1) is 0 Å². The number of carbonyl (C=O) groups is 2. The van der Waals surface area contributed by atoms with Gasteiger partial charge >= 0.3 is 0 Å². The van der Waals surface area contributed by atoms with Crippen LogP contribution < -0.4 is 0 Å². The first-order valence-corrected chi connectivity index (χ1v) is 8.68. The van der Waals surface area contributed by atoms with Gasteiger partial charge in [-0.2, -0.15) is 0 Å². The maximum absolute atomic E-state index is 12.9. The summed E-state index contributed by atoms with van der Waals surface area (Å²) in [7, 11) is 1.91.